The van der Waals surface area contributed by atoms with Gasteiger partial charge in [0.05, 0.1) is 19.3 Å². The molecule has 0 saturated heterocycles. The van der Waals surface area contributed by atoms with Crippen LogP contribution in [0.15, 0.2) is 12.7 Å². The number of amides is 1. The van der Waals surface area contributed by atoms with E-state index in [1.165, 1.54) is 26.9 Å². The van der Waals surface area contributed by atoms with Gasteiger partial charge in [-0.05, 0) is 20.3 Å². The zero-order valence-electron chi connectivity index (χ0n) is 19.9. The molecule has 1 amide bonds. The fraction of sp³-hybridized carbons (Fsp3) is 0.810. The third-order valence-electron chi connectivity index (χ3n) is 4.01. The number of carbonyl (C=O) groups excluding carboxylic acids is 2. The highest BCUT2D eigenvalue weighted by Gasteiger charge is 2.33. The molecule has 1 unspecified atom stereocenters. The Hall–Kier alpha value is -1.07. The third kappa shape index (κ3) is 24.9. The lowest BCUT2D eigenvalue weighted by Gasteiger charge is -2.39. The van der Waals surface area contributed by atoms with E-state index in [2.05, 4.69) is 60.5 Å². The molecule has 171 valence electrons. The number of nitrogens with one attached hydrogen (secondary N) is 1. The first-order valence-corrected chi connectivity index (χ1v) is 10.8. The first kappa shape index (κ1) is 32.6. The summed E-state index contributed by atoms with van der Waals surface area (Å²) < 4.78 is 14.6. The summed E-state index contributed by atoms with van der Waals surface area (Å²) in [5.41, 5.74) is -0.106. The number of alkyl carbamates (subject to hydrolysis) is 1. The molecule has 0 bridgehead atoms. The van der Waals surface area contributed by atoms with Crippen LogP contribution in [0.1, 0.15) is 74.1 Å². The van der Waals surface area contributed by atoms with Gasteiger partial charge in [0, 0.05) is 18.6 Å². The van der Waals surface area contributed by atoms with Crippen LogP contribution in [0.2, 0.25) is 6.32 Å². The summed E-state index contributed by atoms with van der Waals surface area (Å²) in [7, 11) is 6.14. The molecule has 0 heterocycles. The van der Waals surface area contributed by atoms with Gasteiger partial charge < -0.3 is 19.4 Å². The van der Waals surface area contributed by atoms with Crippen LogP contribution in [0.25, 0.3) is 0 Å². The highest BCUT2D eigenvalue weighted by Crippen LogP contribution is 2.33. The Bertz CT molecular complexity index is 426. The molecular weight excluding hydrogens is 388 g/mol. The molecule has 29 heavy (non-hydrogen) atoms. The van der Waals surface area contributed by atoms with Crippen LogP contribution in [-0.4, -0.2) is 50.6 Å². The number of esters is 1. The Morgan fingerprint density at radius 1 is 1.14 bits per heavy atom. The van der Waals surface area contributed by atoms with E-state index in [0.29, 0.717) is 13.2 Å². The van der Waals surface area contributed by atoms with Crippen LogP contribution in [-0.2, 0) is 18.9 Å². The smallest absolute Gasteiger partial charge is 0.407 e. The molecule has 0 fully saturated rings. The lowest BCUT2D eigenvalue weighted by atomic mass is 9.86. The van der Waals surface area contributed by atoms with Gasteiger partial charge in [0.25, 0.3) is 7.48 Å². The summed E-state index contributed by atoms with van der Waals surface area (Å²) in [6, 6.07) is 0. The molecule has 0 aliphatic carbocycles. The van der Waals surface area contributed by atoms with E-state index >= 15 is 0 Å². The molecule has 1 atom stereocenters. The number of methoxy groups -OCH3 is 1. The van der Waals surface area contributed by atoms with E-state index in [-0.39, 0.29) is 22.8 Å². The minimum Gasteiger partial charge on any atom is -0.469 e. The number of rotatable bonds is 11. The average Bonchev–Trinajstić information content (AvgIpc) is 2.64. The van der Waals surface area contributed by atoms with E-state index in [0.717, 1.165) is 19.2 Å². The van der Waals surface area contributed by atoms with Crippen LogP contribution in [0, 0.1) is 0 Å². The van der Waals surface area contributed by atoms with E-state index in [4.69, 9.17) is 9.39 Å². The van der Waals surface area contributed by atoms with Gasteiger partial charge in [0.1, 0.15) is 0 Å². The summed E-state index contributed by atoms with van der Waals surface area (Å²) in [5.74, 6) is -0.245. The lowest BCUT2D eigenvalue weighted by Crippen LogP contribution is -2.43. The Morgan fingerprint density at radius 3 is 2.03 bits per heavy atom. The fourth-order valence-corrected chi connectivity index (χ4v) is 1.29. The second kappa shape index (κ2) is 20.2. The number of ether oxygens (including phenoxy) is 2. The zero-order chi connectivity index (χ0) is 23.3. The minimum atomic E-state index is -0.363. The largest absolute Gasteiger partial charge is 0.469 e. The maximum atomic E-state index is 10.7. The highest BCUT2D eigenvalue weighted by molar-refractivity contribution is 7.19. The molecule has 0 aromatic rings. The quantitative estimate of drug-likeness (QED) is 0.161. The Morgan fingerprint density at radius 2 is 1.66 bits per heavy atom. The van der Waals surface area contributed by atoms with Crippen LogP contribution in [0.5, 0.6) is 0 Å². The predicted molar refractivity (Wildman–Crippen MR) is 127 cm³/mol. The van der Waals surface area contributed by atoms with Crippen molar-refractivity contribution in [1.82, 2.24) is 5.32 Å². The van der Waals surface area contributed by atoms with Gasteiger partial charge in [0.2, 0.25) is 0 Å². The van der Waals surface area contributed by atoms with Gasteiger partial charge in [-0.2, -0.15) is 0 Å². The molecule has 0 aliphatic heterocycles. The van der Waals surface area contributed by atoms with Gasteiger partial charge in [0.15, 0.2) is 0 Å². The second-order valence-electron chi connectivity index (χ2n) is 7.51. The van der Waals surface area contributed by atoms with E-state index in [1.807, 2.05) is 14.4 Å². The van der Waals surface area contributed by atoms with Crippen LogP contribution < -0.4 is 5.32 Å². The van der Waals surface area contributed by atoms with Gasteiger partial charge in [-0.1, -0.05) is 59.4 Å². The molecule has 1 radical (unpaired) electrons. The molecule has 1 N–H and O–H groups in total. The van der Waals surface area contributed by atoms with E-state index < -0.39 is 0 Å². The van der Waals surface area contributed by atoms with Gasteiger partial charge >= 0.3 is 12.1 Å². The molecule has 6 nitrogen and oxygen atoms in total. The maximum Gasteiger partial charge on any atom is 0.407 e. The van der Waals surface area contributed by atoms with Crippen LogP contribution in [0.3, 0.4) is 0 Å². The zero-order valence-corrected chi connectivity index (χ0v) is 21.1. The minimum absolute atomic E-state index is 0.106. The average molecular weight is 432 g/mol. The molecule has 0 aromatic heterocycles. The maximum absolute atomic E-state index is 10.7. The lowest BCUT2D eigenvalue weighted by molar-refractivity contribution is -0.137. The number of hydrogen-bond donors (Lipinski definition) is 1. The summed E-state index contributed by atoms with van der Waals surface area (Å²) in [4.78, 5) is 20.3. The molecule has 0 spiro atoms. The molecule has 0 aliphatic rings. The normalized spacial score (nSPS) is 10.4. The Labute approximate surface area is 182 Å². The molecular formula is C21H44BNO5P. The molecule has 0 saturated carbocycles. The summed E-state index contributed by atoms with van der Waals surface area (Å²) in [6.45, 7) is 18.6. The van der Waals surface area contributed by atoms with Crippen molar-refractivity contribution in [2.24, 2.45) is 0 Å². The van der Waals surface area contributed by atoms with Crippen LogP contribution in [0.4, 0.5) is 4.79 Å². The highest BCUT2D eigenvalue weighted by atomic mass is 31.0. The predicted octanol–water partition coefficient (Wildman–Crippen LogP) is 5.15. The third-order valence-corrected chi connectivity index (χ3v) is 4.71. The van der Waals surface area contributed by atoms with Gasteiger partial charge in [-0.15, -0.1) is 15.8 Å². The summed E-state index contributed by atoms with van der Waals surface area (Å²) in [6.07, 6.45) is 6.70. The van der Waals surface area contributed by atoms with Crippen molar-refractivity contribution in [3.8, 4) is 0 Å². The standard InChI is InChI=1S/C10H23BOP.C8H15NO2.C3H6O2/c1-6-7-8-11-12-9(2,3)10(4,5)13;1-3-5-7-11-8(10)9-6-4-2;1-3(4)5-2/h6-8,13H2,1-5H3;4H,2-3,5-7H2,1H3,(H,9,10);1-2H3. The van der Waals surface area contributed by atoms with Crippen molar-refractivity contribution >= 4 is 28.8 Å². The van der Waals surface area contributed by atoms with Crippen molar-refractivity contribution in [3.63, 3.8) is 0 Å². The topological polar surface area (TPSA) is 73.9 Å². The Kier molecular flexibility index (Phi) is 22.7. The summed E-state index contributed by atoms with van der Waals surface area (Å²) >= 11 is 0. The van der Waals surface area contributed by atoms with Gasteiger partial charge in [-0.25, -0.2) is 4.79 Å². The van der Waals surface area contributed by atoms with Gasteiger partial charge in [-0.3, -0.25) is 4.79 Å². The molecule has 0 rings (SSSR count). The number of hydrogen-bond acceptors (Lipinski definition) is 5. The molecule has 0 aromatic carbocycles. The second-order valence-corrected chi connectivity index (χ2v) is 8.96. The molecule has 8 heteroatoms. The van der Waals surface area contributed by atoms with E-state index in [9.17, 15) is 9.59 Å². The number of unbranched alkanes of at least 4 members (excludes halogenated alkanes) is 2. The number of carbonyl (C=O) groups is 2. The first-order valence-electron chi connectivity index (χ1n) is 10.2. The van der Waals surface area contributed by atoms with Crippen molar-refractivity contribution < 1.29 is 23.7 Å². The van der Waals surface area contributed by atoms with Crippen molar-refractivity contribution in [2.75, 3.05) is 20.3 Å². The summed E-state index contributed by atoms with van der Waals surface area (Å²) in [5, 5.41) is 2.62. The monoisotopic (exact) mass is 432 g/mol. The fourth-order valence-electron chi connectivity index (χ4n) is 1.22. The van der Waals surface area contributed by atoms with Crippen molar-refractivity contribution in [3.05, 3.63) is 12.7 Å². The van der Waals surface area contributed by atoms with Crippen LogP contribution >= 0.6 is 9.24 Å². The first-order chi connectivity index (χ1) is 13.4. The SMILES string of the molecule is C=CCNC(=O)OCCCC.CCCC[B]OC(C)(C)C(C)(C)P.COC(C)=O. The Balaban J connectivity index is -0.000000383. The van der Waals surface area contributed by atoms with E-state index in [1.54, 1.807) is 6.08 Å². The van der Waals surface area contributed by atoms with Crippen molar-refractivity contribution in [2.45, 2.75) is 91.2 Å². The van der Waals surface area contributed by atoms with Crippen molar-refractivity contribution in [1.29, 1.82) is 0 Å².